The normalized spacial score (nSPS) is 17.5. The molecule has 31 heavy (non-hydrogen) atoms. The Morgan fingerprint density at radius 1 is 1.06 bits per heavy atom. The molecule has 2 aromatic rings. The second kappa shape index (κ2) is 9.33. The maximum absolute atomic E-state index is 12.5. The summed E-state index contributed by atoms with van der Waals surface area (Å²) >= 11 is 1.48. The number of hydrazine groups is 1. The Bertz CT molecular complexity index is 1060. The van der Waals surface area contributed by atoms with Crippen molar-refractivity contribution >= 4 is 39.3 Å². The van der Waals surface area contributed by atoms with Gasteiger partial charge in [0.05, 0.1) is 4.88 Å². The number of hydrogen-bond donors (Lipinski definition) is 2. The van der Waals surface area contributed by atoms with Crippen LogP contribution in [0, 0.1) is 5.92 Å². The second-order valence-electron chi connectivity index (χ2n) is 7.79. The number of aryl methyl sites for hydroxylation is 2. The van der Waals surface area contributed by atoms with E-state index in [4.69, 9.17) is 0 Å². The number of fused-ring (bicyclic) bond motifs is 1. The highest BCUT2D eigenvalue weighted by Gasteiger charge is 2.30. The van der Waals surface area contributed by atoms with E-state index in [0.29, 0.717) is 17.7 Å². The van der Waals surface area contributed by atoms with Crippen LogP contribution >= 0.6 is 11.3 Å². The lowest BCUT2D eigenvalue weighted by molar-refractivity contribution is -0.126. The molecule has 7 nitrogen and oxygen atoms in total. The first-order chi connectivity index (χ1) is 14.9. The largest absolute Gasteiger partial charge is 0.279 e. The Hall–Kier alpha value is -2.49. The molecule has 0 spiro atoms. The number of thiophene rings is 1. The van der Waals surface area contributed by atoms with Gasteiger partial charge in [0.2, 0.25) is 15.9 Å². The van der Waals surface area contributed by atoms with Gasteiger partial charge in [-0.2, -0.15) is 4.31 Å². The molecule has 0 unspecified atom stereocenters. The Morgan fingerprint density at radius 2 is 1.81 bits per heavy atom. The van der Waals surface area contributed by atoms with Crippen LogP contribution < -0.4 is 10.9 Å². The van der Waals surface area contributed by atoms with E-state index in [1.165, 1.54) is 31.5 Å². The number of carbonyl (C=O) groups is 2. The highest BCUT2D eigenvalue weighted by molar-refractivity contribution is 7.92. The van der Waals surface area contributed by atoms with E-state index >= 15 is 0 Å². The molecule has 1 aliphatic carbocycles. The molecular weight excluding hydrogens is 434 g/mol. The predicted molar refractivity (Wildman–Crippen MR) is 121 cm³/mol. The molecule has 2 amide bonds. The van der Waals surface area contributed by atoms with Crippen molar-refractivity contribution in [2.24, 2.45) is 5.92 Å². The molecule has 2 N–H and O–H groups in total. The van der Waals surface area contributed by atoms with E-state index in [9.17, 15) is 18.0 Å². The van der Waals surface area contributed by atoms with Crippen LogP contribution in [0.5, 0.6) is 0 Å². The SMILES string of the molecule is O=C(NNC(=O)C1CCN(S(=O)(=O)/C=C/c2ccccc2)CC1)c1cc2c(s1)CCC2. The maximum atomic E-state index is 12.5. The van der Waals surface area contributed by atoms with Gasteiger partial charge in [-0.1, -0.05) is 30.3 Å². The zero-order valence-corrected chi connectivity index (χ0v) is 18.7. The number of rotatable bonds is 5. The van der Waals surface area contributed by atoms with Crippen LogP contribution in [-0.2, 0) is 27.7 Å². The highest BCUT2D eigenvalue weighted by Crippen LogP contribution is 2.30. The third-order valence-electron chi connectivity index (χ3n) is 5.69. The number of nitrogens with zero attached hydrogens (tertiary/aromatic N) is 1. The lowest BCUT2D eigenvalue weighted by Crippen LogP contribution is -2.47. The van der Waals surface area contributed by atoms with Gasteiger partial charge in [-0.3, -0.25) is 20.4 Å². The molecule has 164 valence electrons. The number of carbonyl (C=O) groups excluding carboxylic acids is 2. The number of benzene rings is 1. The zero-order valence-electron chi connectivity index (χ0n) is 17.0. The van der Waals surface area contributed by atoms with Gasteiger partial charge >= 0.3 is 0 Å². The summed E-state index contributed by atoms with van der Waals surface area (Å²) in [5.41, 5.74) is 7.04. The number of nitrogens with one attached hydrogen (secondary N) is 2. The highest BCUT2D eigenvalue weighted by atomic mass is 32.2. The van der Waals surface area contributed by atoms with Crippen LogP contribution in [0.1, 0.15) is 44.9 Å². The topological polar surface area (TPSA) is 95.6 Å². The minimum Gasteiger partial charge on any atom is -0.273 e. The van der Waals surface area contributed by atoms with Crippen LogP contribution in [0.2, 0.25) is 0 Å². The van der Waals surface area contributed by atoms with Gasteiger partial charge < -0.3 is 0 Å². The Labute approximate surface area is 186 Å². The van der Waals surface area contributed by atoms with Crippen LogP contribution in [0.15, 0.2) is 41.8 Å². The molecule has 1 fully saturated rings. The molecule has 9 heteroatoms. The van der Waals surface area contributed by atoms with Gasteiger partial charge in [0.1, 0.15) is 0 Å². The summed E-state index contributed by atoms with van der Waals surface area (Å²) in [5.74, 6) is -0.925. The summed E-state index contributed by atoms with van der Waals surface area (Å²) in [6.45, 7) is 0.538. The summed E-state index contributed by atoms with van der Waals surface area (Å²) in [6, 6.07) is 11.1. The molecule has 1 saturated heterocycles. The first-order valence-corrected chi connectivity index (χ1v) is 12.7. The smallest absolute Gasteiger partial charge is 0.273 e. The van der Waals surface area contributed by atoms with Gasteiger partial charge in [0.25, 0.3) is 5.91 Å². The average molecular weight is 460 g/mol. The zero-order chi connectivity index (χ0) is 21.8. The van der Waals surface area contributed by atoms with Crippen molar-refractivity contribution in [3.63, 3.8) is 0 Å². The number of amides is 2. The summed E-state index contributed by atoms with van der Waals surface area (Å²) in [7, 11) is -3.54. The minimum absolute atomic E-state index is 0.269. The Morgan fingerprint density at radius 3 is 2.52 bits per heavy atom. The maximum Gasteiger partial charge on any atom is 0.279 e. The fourth-order valence-electron chi connectivity index (χ4n) is 3.91. The van der Waals surface area contributed by atoms with Crippen molar-refractivity contribution in [2.45, 2.75) is 32.1 Å². The Balaban J connectivity index is 1.25. The first-order valence-electron chi connectivity index (χ1n) is 10.4. The van der Waals surface area contributed by atoms with Crippen molar-refractivity contribution in [3.05, 3.63) is 62.7 Å². The molecule has 1 aromatic heterocycles. The number of hydrogen-bond acceptors (Lipinski definition) is 5. The van der Waals surface area contributed by atoms with Gasteiger partial charge in [0, 0.05) is 29.3 Å². The molecule has 0 atom stereocenters. The summed E-state index contributed by atoms with van der Waals surface area (Å²) < 4.78 is 26.5. The number of sulfonamides is 1. The van der Waals surface area contributed by atoms with Crippen LogP contribution in [0.3, 0.4) is 0 Å². The number of piperidine rings is 1. The molecule has 1 aromatic carbocycles. The molecule has 2 aliphatic rings. The third-order valence-corrected chi connectivity index (χ3v) is 8.49. The summed E-state index contributed by atoms with van der Waals surface area (Å²) in [4.78, 5) is 26.6. The third kappa shape index (κ3) is 5.23. The monoisotopic (exact) mass is 459 g/mol. The van der Waals surface area contributed by atoms with Crippen LogP contribution in [0.4, 0.5) is 0 Å². The second-order valence-corrected chi connectivity index (χ2v) is 10.7. The minimum atomic E-state index is -3.54. The van der Waals surface area contributed by atoms with Crippen molar-refractivity contribution in [1.82, 2.24) is 15.2 Å². The molecule has 2 heterocycles. The van der Waals surface area contributed by atoms with Crippen molar-refractivity contribution < 1.29 is 18.0 Å². The van der Waals surface area contributed by atoms with Crippen LogP contribution in [-0.4, -0.2) is 37.6 Å². The van der Waals surface area contributed by atoms with Gasteiger partial charge in [-0.05, 0) is 55.4 Å². The molecule has 0 radical (unpaired) electrons. The van der Waals surface area contributed by atoms with Gasteiger partial charge in [-0.15, -0.1) is 11.3 Å². The summed E-state index contributed by atoms with van der Waals surface area (Å²) in [5, 5.41) is 1.21. The lowest BCUT2D eigenvalue weighted by Gasteiger charge is -2.29. The van der Waals surface area contributed by atoms with E-state index in [1.54, 1.807) is 6.08 Å². The standard InChI is InChI=1S/C22H25N3O4S2/c26-21(23-24-22(27)20-15-18-7-4-8-19(18)30-20)17-9-12-25(13-10-17)31(28,29)14-11-16-5-2-1-3-6-16/h1-3,5-6,11,14-15,17H,4,7-10,12-13H2,(H,23,26)(H,24,27)/b14-11+. The lowest BCUT2D eigenvalue weighted by atomic mass is 9.98. The predicted octanol–water partition coefficient (Wildman–Crippen LogP) is 2.71. The molecule has 0 saturated carbocycles. The van der Waals surface area contributed by atoms with Crippen LogP contribution in [0.25, 0.3) is 6.08 Å². The first kappa shape index (κ1) is 21.7. The van der Waals surface area contributed by atoms with Crippen molar-refractivity contribution in [2.75, 3.05) is 13.1 Å². The molecule has 1 aliphatic heterocycles. The van der Waals surface area contributed by atoms with Crippen molar-refractivity contribution in [3.8, 4) is 0 Å². The van der Waals surface area contributed by atoms with Crippen molar-refractivity contribution in [1.29, 1.82) is 0 Å². The van der Waals surface area contributed by atoms with Gasteiger partial charge in [0.15, 0.2) is 0 Å². The molecule has 4 rings (SSSR count). The molecule has 0 bridgehead atoms. The van der Waals surface area contributed by atoms with Gasteiger partial charge in [-0.25, -0.2) is 8.42 Å². The fourth-order valence-corrected chi connectivity index (χ4v) is 6.28. The van der Waals surface area contributed by atoms with E-state index in [-0.39, 0.29) is 30.8 Å². The fraction of sp³-hybridized carbons (Fsp3) is 0.364. The summed E-state index contributed by atoms with van der Waals surface area (Å²) in [6.07, 6.45) is 5.55. The van der Waals surface area contributed by atoms with E-state index < -0.39 is 10.0 Å². The Kier molecular flexibility index (Phi) is 6.54. The van der Waals surface area contributed by atoms with E-state index in [2.05, 4.69) is 10.9 Å². The quantitative estimate of drug-likeness (QED) is 0.672. The molecular formula is C22H25N3O4S2. The van der Waals surface area contributed by atoms with E-state index in [1.807, 2.05) is 36.4 Å². The average Bonchev–Trinajstić information content (AvgIpc) is 3.39. The van der Waals surface area contributed by atoms with E-state index in [0.717, 1.165) is 24.8 Å².